The molecule has 1 aromatic carbocycles. The van der Waals surface area contributed by atoms with E-state index in [4.69, 9.17) is 4.52 Å². The first-order valence-corrected chi connectivity index (χ1v) is 7.45. The van der Waals surface area contributed by atoms with Gasteiger partial charge in [-0.1, -0.05) is 12.1 Å². The first-order valence-electron chi connectivity index (χ1n) is 7.45. The fourth-order valence-electron chi connectivity index (χ4n) is 3.05. The Morgan fingerprint density at radius 2 is 2.05 bits per heavy atom. The van der Waals surface area contributed by atoms with Gasteiger partial charge in [0.15, 0.2) is 0 Å². The third-order valence-electron chi connectivity index (χ3n) is 4.42. The number of halogens is 1. The van der Waals surface area contributed by atoms with Crippen molar-refractivity contribution in [3.63, 3.8) is 0 Å². The van der Waals surface area contributed by atoms with Crippen LogP contribution in [0.15, 0.2) is 22.7 Å². The number of hydrogen-bond acceptors (Lipinski definition) is 4. The van der Waals surface area contributed by atoms with Crippen LogP contribution in [0, 0.1) is 12.7 Å². The minimum atomic E-state index is -0.275. The van der Waals surface area contributed by atoms with Crippen LogP contribution in [-0.2, 0) is 5.41 Å². The molecule has 0 atom stereocenters. The van der Waals surface area contributed by atoms with Crippen LogP contribution in [0.25, 0.3) is 11.4 Å². The van der Waals surface area contributed by atoms with Crippen LogP contribution in [0.5, 0.6) is 0 Å². The van der Waals surface area contributed by atoms with Crippen molar-refractivity contribution in [3.05, 3.63) is 35.5 Å². The molecule has 1 aliphatic rings. The fourth-order valence-corrected chi connectivity index (χ4v) is 3.05. The van der Waals surface area contributed by atoms with Gasteiger partial charge in [0, 0.05) is 5.56 Å². The summed E-state index contributed by atoms with van der Waals surface area (Å²) >= 11 is 0. The summed E-state index contributed by atoms with van der Waals surface area (Å²) in [5.41, 5.74) is 1.48. The highest BCUT2D eigenvalue weighted by Crippen LogP contribution is 2.36. The third kappa shape index (κ3) is 2.70. The first kappa shape index (κ1) is 14.2. The SMILES string of the molecule is CCC1(c2nc(-c3cc(C)cc(F)c3)no2)CCNCC1. The van der Waals surface area contributed by atoms with Crippen LogP contribution in [0.3, 0.4) is 0 Å². The molecule has 4 nitrogen and oxygen atoms in total. The molecule has 0 radical (unpaired) electrons. The predicted molar refractivity (Wildman–Crippen MR) is 78.5 cm³/mol. The smallest absolute Gasteiger partial charge is 0.233 e. The van der Waals surface area contributed by atoms with Gasteiger partial charge in [0.2, 0.25) is 11.7 Å². The quantitative estimate of drug-likeness (QED) is 0.942. The van der Waals surface area contributed by atoms with Gasteiger partial charge in [-0.2, -0.15) is 4.98 Å². The van der Waals surface area contributed by atoms with E-state index < -0.39 is 0 Å². The first-order chi connectivity index (χ1) is 10.1. The zero-order valence-electron chi connectivity index (χ0n) is 12.4. The Balaban J connectivity index is 1.95. The summed E-state index contributed by atoms with van der Waals surface area (Å²) in [6, 6.07) is 4.81. The van der Waals surface area contributed by atoms with Gasteiger partial charge in [-0.15, -0.1) is 0 Å². The Morgan fingerprint density at radius 1 is 1.29 bits per heavy atom. The highest BCUT2D eigenvalue weighted by molar-refractivity contribution is 5.55. The molecule has 2 heterocycles. The second-order valence-electron chi connectivity index (χ2n) is 5.82. The van der Waals surface area contributed by atoms with Crippen molar-refractivity contribution in [1.29, 1.82) is 0 Å². The second kappa shape index (κ2) is 5.56. The maximum Gasteiger partial charge on any atom is 0.233 e. The minimum absolute atomic E-state index is 0.0428. The molecule has 0 aliphatic carbocycles. The Kier molecular flexibility index (Phi) is 3.76. The Hall–Kier alpha value is -1.75. The number of benzene rings is 1. The number of piperidine rings is 1. The molecular weight excluding hydrogens is 269 g/mol. The van der Waals surface area contributed by atoms with Crippen LogP contribution in [0.4, 0.5) is 4.39 Å². The van der Waals surface area contributed by atoms with Crippen LogP contribution in [-0.4, -0.2) is 23.2 Å². The van der Waals surface area contributed by atoms with Crippen molar-refractivity contribution in [2.75, 3.05) is 13.1 Å². The van der Waals surface area contributed by atoms with Crippen molar-refractivity contribution >= 4 is 0 Å². The number of nitrogens with zero attached hydrogens (tertiary/aromatic N) is 2. The van der Waals surface area contributed by atoms with E-state index in [-0.39, 0.29) is 11.2 Å². The largest absolute Gasteiger partial charge is 0.338 e. The standard InChI is InChI=1S/C16H20FN3O/c1-3-16(4-6-18-7-5-16)15-19-14(20-21-15)12-8-11(2)9-13(17)10-12/h8-10,18H,3-7H2,1-2H3. The highest BCUT2D eigenvalue weighted by atomic mass is 19.1. The molecule has 1 N–H and O–H groups in total. The zero-order valence-corrected chi connectivity index (χ0v) is 12.4. The van der Waals surface area contributed by atoms with E-state index in [0.717, 1.165) is 37.9 Å². The van der Waals surface area contributed by atoms with Gasteiger partial charge in [0.05, 0.1) is 5.41 Å². The van der Waals surface area contributed by atoms with Crippen LogP contribution in [0.2, 0.25) is 0 Å². The molecule has 3 rings (SSSR count). The lowest BCUT2D eigenvalue weighted by Gasteiger charge is -2.33. The predicted octanol–water partition coefficient (Wildman–Crippen LogP) is 3.22. The number of nitrogens with one attached hydrogen (secondary N) is 1. The molecule has 1 aliphatic heterocycles. The lowest BCUT2D eigenvalue weighted by atomic mass is 9.76. The normalized spacial score (nSPS) is 17.9. The van der Waals surface area contributed by atoms with Crippen LogP contribution >= 0.6 is 0 Å². The summed E-state index contributed by atoms with van der Waals surface area (Å²) in [5.74, 6) is 0.880. The molecule has 5 heteroatoms. The maximum atomic E-state index is 13.5. The second-order valence-corrected chi connectivity index (χ2v) is 5.82. The molecular formula is C16H20FN3O. The molecule has 0 amide bonds. The molecule has 2 aromatic rings. The molecule has 0 saturated carbocycles. The van der Waals surface area contributed by atoms with E-state index in [1.165, 1.54) is 12.1 Å². The van der Waals surface area contributed by atoms with Gasteiger partial charge in [-0.25, -0.2) is 4.39 Å². The summed E-state index contributed by atoms with van der Waals surface area (Å²) in [4.78, 5) is 4.56. The molecule has 21 heavy (non-hydrogen) atoms. The summed E-state index contributed by atoms with van der Waals surface area (Å²) in [5, 5.41) is 7.42. The van der Waals surface area contributed by atoms with Gasteiger partial charge in [-0.3, -0.25) is 0 Å². The summed E-state index contributed by atoms with van der Waals surface area (Å²) in [6.07, 6.45) is 2.96. The van der Waals surface area contributed by atoms with Gasteiger partial charge in [0.25, 0.3) is 0 Å². The Morgan fingerprint density at radius 3 is 2.71 bits per heavy atom. The molecule has 112 valence electrons. The minimum Gasteiger partial charge on any atom is -0.338 e. The molecule has 1 aromatic heterocycles. The van der Waals surface area contributed by atoms with Crippen LogP contribution < -0.4 is 5.32 Å². The number of hydrogen-bond donors (Lipinski definition) is 1. The Labute approximate surface area is 123 Å². The molecule has 1 fully saturated rings. The average Bonchev–Trinajstić information content (AvgIpc) is 2.97. The zero-order chi connectivity index (χ0) is 14.9. The third-order valence-corrected chi connectivity index (χ3v) is 4.42. The molecule has 0 bridgehead atoms. The number of rotatable bonds is 3. The fraction of sp³-hybridized carbons (Fsp3) is 0.500. The maximum absolute atomic E-state index is 13.5. The molecule has 1 saturated heterocycles. The van der Waals surface area contributed by atoms with Gasteiger partial charge in [0.1, 0.15) is 5.82 Å². The van der Waals surface area contributed by atoms with Gasteiger partial charge in [-0.05, 0) is 63.0 Å². The van der Waals surface area contributed by atoms with Crippen molar-refractivity contribution < 1.29 is 8.91 Å². The molecule has 0 spiro atoms. The van der Waals surface area contributed by atoms with E-state index in [1.807, 2.05) is 13.0 Å². The van der Waals surface area contributed by atoms with Crippen molar-refractivity contribution in [2.45, 2.75) is 38.5 Å². The average molecular weight is 289 g/mol. The topological polar surface area (TPSA) is 51.0 Å². The summed E-state index contributed by atoms with van der Waals surface area (Å²) in [7, 11) is 0. The van der Waals surface area contributed by atoms with E-state index in [1.54, 1.807) is 0 Å². The van der Waals surface area contributed by atoms with Crippen molar-refractivity contribution in [2.24, 2.45) is 0 Å². The summed E-state index contributed by atoms with van der Waals surface area (Å²) in [6.45, 7) is 5.94. The van der Waals surface area contributed by atoms with Gasteiger partial charge < -0.3 is 9.84 Å². The van der Waals surface area contributed by atoms with E-state index >= 15 is 0 Å². The lowest BCUT2D eigenvalue weighted by molar-refractivity contribution is 0.216. The Bertz CT molecular complexity index is 612. The summed E-state index contributed by atoms with van der Waals surface area (Å²) < 4.78 is 19.0. The lowest BCUT2D eigenvalue weighted by Crippen LogP contribution is -2.39. The van der Waals surface area contributed by atoms with Crippen LogP contribution in [0.1, 0.15) is 37.6 Å². The van der Waals surface area contributed by atoms with E-state index in [0.29, 0.717) is 17.3 Å². The number of aromatic nitrogens is 2. The number of aryl methyl sites for hydroxylation is 1. The monoisotopic (exact) mass is 289 g/mol. The highest BCUT2D eigenvalue weighted by Gasteiger charge is 2.37. The van der Waals surface area contributed by atoms with E-state index in [9.17, 15) is 4.39 Å². The van der Waals surface area contributed by atoms with E-state index in [2.05, 4.69) is 22.4 Å². The van der Waals surface area contributed by atoms with Crippen molar-refractivity contribution in [1.82, 2.24) is 15.5 Å². The molecule has 0 unspecified atom stereocenters. The van der Waals surface area contributed by atoms with Crippen molar-refractivity contribution in [3.8, 4) is 11.4 Å². The van der Waals surface area contributed by atoms with Gasteiger partial charge >= 0.3 is 0 Å².